The minimum atomic E-state index is -0.964. The summed E-state index contributed by atoms with van der Waals surface area (Å²) in [5.41, 5.74) is 3.22. The van der Waals surface area contributed by atoms with Gasteiger partial charge in [-0.15, -0.1) is 0 Å². The molecule has 0 unspecified atom stereocenters. The Labute approximate surface area is 199 Å². The first kappa shape index (κ1) is 23.9. The maximum atomic E-state index is 13.3. The topological polar surface area (TPSA) is 67.8 Å². The van der Waals surface area contributed by atoms with Crippen molar-refractivity contribution in [2.24, 2.45) is 0 Å². The normalized spacial score (nSPS) is 10.7. The van der Waals surface area contributed by atoms with Gasteiger partial charge in [0.2, 0.25) is 0 Å². The molecule has 168 valence electrons. The average Bonchev–Trinajstić information content (AvgIpc) is 2.74. The Morgan fingerprint density at radius 3 is 2.56 bits per heavy atom. The first-order valence-corrected chi connectivity index (χ1v) is 11.1. The summed E-state index contributed by atoms with van der Waals surface area (Å²) in [6.45, 7) is 4.69. The summed E-state index contributed by atoms with van der Waals surface area (Å²) in [5.74, 6) is -0.292. The van der Waals surface area contributed by atoms with E-state index in [9.17, 15) is 14.3 Å². The maximum absolute atomic E-state index is 13.3. The van der Waals surface area contributed by atoms with Crippen molar-refractivity contribution in [2.45, 2.75) is 27.0 Å². The van der Waals surface area contributed by atoms with E-state index in [0.717, 1.165) is 15.7 Å². The number of ether oxygens (including phenoxy) is 2. The van der Waals surface area contributed by atoms with E-state index in [0.29, 0.717) is 40.8 Å². The fourth-order valence-corrected chi connectivity index (χ4v) is 3.82. The van der Waals surface area contributed by atoms with Crippen LogP contribution in [0.3, 0.4) is 0 Å². The highest BCUT2D eigenvalue weighted by Crippen LogP contribution is 2.35. The van der Waals surface area contributed by atoms with E-state index in [2.05, 4.69) is 21.2 Å². The number of carbonyl (C=O) groups is 1. The van der Waals surface area contributed by atoms with Gasteiger partial charge in [0.05, 0.1) is 17.2 Å². The van der Waals surface area contributed by atoms with Gasteiger partial charge in [0.25, 0.3) is 0 Å². The van der Waals surface area contributed by atoms with Crippen LogP contribution in [-0.4, -0.2) is 17.7 Å². The molecule has 0 atom stereocenters. The van der Waals surface area contributed by atoms with Crippen LogP contribution in [0.25, 0.3) is 0 Å². The van der Waals surface area contributed by atoms with E-state index >= 15 is 0 Å². The highest BCUT2D eigenvalue weighted by Gasteiger charge is 2.14. The molecule has 2 N–H and O–H groups in total. The Bertz CT molecular complexity index is 1140. The number of aromatic carboxylic acids is 1. The van der Waals surface area contributed by atoms with Gasteiger partial charge in [-0.2, -0.15) is 0 Å². The Morgan fingerprint density at radius 2 is 1.88 bits per heavy atom. The molecule has 0 aromatic heterocycles. The van der Waals surface area contributed by atoms with Gasteiger partial charge in [-0.25, -0.2) is 9.18 Å². The van der Waals surface area contributed by atoms with Crippen LogP contribution in [0.1, 0.15) is 34.0 Å². The fraction of sp³-hybridized carbons (Fsp3) is 0.208. The van der Waals surface area contributed by atoms with Crippen LogP contribution in [0.15, 0.2) is 53.0 Å². The Hall–Kier alpha value is -2.77. The van der Waals surface area contributed by atoms with Crippen molar-refractivity contribution in [1.29, 1.82) is 0 Å². The molecule has 3 aromatic rings. The smallest absolute Gasteiger partial charge is 0.336 e. The first-order valence-electron chi connectivity index (χ1n) is 9.88. The van der Waals surface area contributed by atoms with E-state index in [4.69, 9.17) is 21.1 Å². The molecule has 0 fully saturated rings. The SMILES string of the molecule is CCOc1cc(CNc2cccc(C(=O)O)c2C)c(Br)cc1OCc1ccc(F)cc1Cl. The third kappa shape index (κ3) is 5.72. The first-order chi connectivity index (χ1) is 15.3. The lowest BCUT2D eigenvalue weighted by molar-refractivity contribution is 0.0696. The molecule has 0 saturated carbocycles. The standard InChI is InChI=1S/C24H22BrClFNO4/c1-3-31-22-9-16(12-28-21-6-4-5-18(14(21)2)24(29)30)19(25)11-23(22)32-13-15-7-8-17(27)10-20(15)26/h4-11,28H,3,12-13H2,1-2H3,(H,29,30). The van der Waals surface area contributed by atoms with Crippen molar-refractivity contribution >= 4 is 39.2 Å². The summed E-state index contributed by atoms with van der Waals surface area (Å²) in [5, 5.41) is 12.9. The molecule has 3 rings (SSSR count). The molecule has 0 radical (unpaired) electrons. The van der Waals surface area contributed by atoms with Crippen molar-refractivity contribution < 1.29 is 23.8 Å². The fourth-order valence-electron chi connectivity index (χ4n) is 3.14. The van der Waals surface area contributed by atoms with E-state index in [-0.39, 0.29) is 12.2 Å². The lowest BCUT2D eigenvalue weighted by Crippen LogP contribution is -2.07. The minimum absolute atomic E-state index is 0.157. The lowest BCUT2D eigenvalue weighted by Gasteiger charge is -2.17. The third-order valence-corrected chi connectivity index (χ3v) is 5.93. The summed E-state index contributed by atoms with van der Waals surface area (Å²) >= 11 is 9.66. The van der Waals surface area contributed by atoms with E-state index in [1.807, 2.05) is 19.1 Å². The van der Waals surface area contributed by atoms with Gasteiger partial charge in [0.15, 0.2) is 11.5 Å². The van der Waals surface area contributed by atoms with Gasteiger partial charge >= 0.3 is 5.97 Å². The number of benzene rings is 3. The molecule has 32 heavy (non-hydrogen) atoms. The Kier molecular flexibility index (Phi) is 7.99. The van der Waals surface area contributed by atoms with E-state index in [1.54, 1.807) is 31.2 Å². The number of nitrogens with one attached hydrogen (secondary N) is 1. The van der Waals surface area contributed by atoms with Crippen LogP contribution in [0.2, 0.25) is 5.02 Å². The summed E-state index contributed by atoms with van der Waals surface area (Å²) in [6, 6.07) is 12.9. The number of carboxylic acids is 1. The van der Waals surface area contributed by atoms with Crippen LogP contribution in [0, 0.1) is 12.7 Å². The second-order valence-corrected chi connectivity index (χ2v) is 8.25. The number of halogens is 3. The zero-order valence-corrected chi connectivity index (χ0v) is 19.9. The minimum Gasteiger partial charge on any atom is -0.490 e. The molecule has 0 bridgehead atoms. The predicted molar refractivity (Wildman–Crippen MR) is 127 cm³/mol. The zero-order chi connectivity index (χ0) is 23.3. The van der Waals surface area contributed by atoms with Crippen molar-refractivity contribution in [3.05, 3.63) is 86.1 Å². The van der Waals surface area contributed by atoms with Crippen LogP contribution >= 0.6 is 27.5 Å². The van der Waals surface area contributed by atoms with Crippen LogP contribution in [0.5, 0.6) is 11.5 Å². The Morgan fingerprint density at radius 1 is 1.12 bits per heavy atom. The second-order valence-electron chi connectivity index (χ2n) is 6.98. The highest BCUT2D eigenvalue weighted by atomic mass is 79.9. The number of anilines is 1. The molecular weight excluding hydrogens is 501 g/mol. The van der Waals surface area contributed by atoms with Gasteiger partial charge in [0, 0.05) is 22.3 Å². The molecule has 0 aliphatic carbocycles. The lowest BCUT2D eigenvalue weighted by atomic mass is 10.1. The molecule has 0 aliphatic rings. The van der Waals surface area contributed by atoms with E-state index < -0.39 is 11.8 Å². The number of carboxylic acid groups (broad SMARTS) is 1. The summed E-state index contributed by atoms with van der Waals surface area (Å²) in [4.78, 5) is 11.4. The maximum Gasteiger partial charge on any atom is 0.336 e. The summed E-state index contributed by atoms with van der Waals surface area (Å²) in [7, 11) is 0. The van der Waals surface area contributed by atoms with Crippen LogP contribution in [0.4, 0.5) is 10.1 Å². The van der Waals surface area contributed by atoms with Crippen LogP contribution < -0.4 is 14.8 Å². The molecule has 0 aliphatic heterocycles. The predicted octanol–water partition coefficient (Wildman–Crippen LogP) is 6.84. The number of hydrogen-bond acceptors (Lipinski definition) is 4. The van der Waals surface area contributed by atoms with Gasteiger partial charge < -0.3 is 19.9 Å². The van der Waals surface area contributed by atoms with Crippen molar-refractivity contribution in [2.75, 3.05) is 11.9 Å². The number of rotatable bonds is 9. The number of hydrogen-bond donors (Lipinski definition) is 2. The zero-order valence-electron chi connectivity index (χ0n) is 17.5. The largest absolute Gasteiger partial charge is 0.490 e. The molecule has 0 amide bonds. The summed E-state index contributed by atoms with van der Waals surface area (Å²) in [6.07, 6.45) is 0. The Balaban J connectivity index is 1.79. The van der Waals surface area contributed by atoms with Gasteiger partial charge in [-0.05, 0) is 61.4 Å². The van der Waals surface area contributed by atoms with Crippen molar-refractivity contribution in [3.63, 3.8) is 0 Å². The molecular formula is C24H22BrClFNO4. The molecule has 8 heteroatoms. The second kappa shape index (κ2) is 10.7. The molecule has 0 spiro atoms. The molecule has 0 heterocycles. The van der Waals surface area contributed by atoms with E-state index in [1.165, 1.54) is 12.1 Å². The quantitative estimate of drug-likeness (QED) is 0.322. The van der Waals surface area contributed by atoms with Crippen LogP contribution in [-0.2, 0) is 13.2 Å². The monoisotopic (exact) mass is 521 g/mol. The summed E-state index contributed by atoms with van der Waals surface area (Å²) < 4.78 is 25.7. The van der Waals surface area contributed by atoms with Gasteiger partial charge in [-0.1, -0.05) is 39.7 Å². The van der Waals surface area contributed by atoms with Crippen molar-refractivity contribution in [3.8, 4) is 11.5 Å². The third-order valence-electron chi connectivity index (χ3n) is 4.84. The molecule has 3 aromatic carbocycles. The average molecular weight is 523 g/mol. The molecule has 0 saturated heterocycles. The van der Waals surface area contributed by atoms with Gasteiger partial charge in [-0.3, -0.25) is 0 Å². The molecule has 5 nitrogen and oxygen atoms in total. The van der Waals surface area contributed by atoms with Crippen molar-refractivity contribution in [1.82, 2.24) is 0 Å². The van der Waals surface area contributed by atoms with Gasteiger partial charge in [0.1, 0.15) is 12.4 Å². The highest BCUT2D eigenvalue weighted by molar-refractivity contribution is 9.10.